The summed E-state index contributed by atoms with van der Waals surface area (Å²) in [6.45, 7) is 6.52. The molecule has 2 heterocycles. The van der Waals surface area contributed by atoms with Crippen molar-refractivity contribution in [2.75, 3.05) is 19.9 Å². The highest BCUT2D eigenvalue weighted by Gasteiger charge is 2.17. The molecule has 1 aromatic carbocycles. The van der Waals surface area contributed by atoms with Crippen molar-refractivity contribution >= 4 is 0 Å². The van der Waals surface area contributed by atoms with E-state index in [4.69, 9.17) is 14.6 Å². The van der Waals surface area contributed by atoms with Crippen LogP contribution in [0.25, 0.3) is 0 Å². The number of nitrogens with one attached hydrogen (secondary N) is 1. The van der Waals surface area contributed by atoms with Gasteiger partial charge in [-0.2, -0.15) is 5.10 Å². The molecule has 1 aliphatic heterocycles. The van der Waals surface area contributed by atoms with Gasteiger partial charge >= 0.3 is 0 Å². The first-order chi connectivity index (χ1) is 12.1. The highest BCUT2D eigenvalue weighted by atomic mass is 19.1. The van der Waals surface area contributed by atoms with Crippen LogP contribution in [0, 0.1) is 19.7 Å². The number of halogens is 1. The van der Waals surface area contributed by atoms with Crippen LogP contribution in [0.2, 0.25) is 0 Å². The zero-order chi connectivity index (χ0) is 17.8. The number of hydrogen-bond donors (Lipinski definition) is 2. The number of aliphatic hydroxyl groups is 1. The van der Waals surface area contributed by atoms with Crippen LogP contribution in [0.5, 0.6) is 5.75 Å². The fourth-order valence-electron chi connectivity index (χ4n) is 3.18. The maximum atomic E-state index is 13.7. The molecule has 0 amide bonds. The summed E-state index contributed by atoms with van der Waals surface area (Å²) >= 11 is 0. The van der Waals surface area contributed by atoms with Gasteiger partial charge in [-0.05, 0) is 44.5 Å². The van der Waals surface area contributed by atoms with Gasteiger partial charge in [-0.15, -0.1) is 0 Å². The van der Waals surface area contributed by atoms with Crippen molar-refractivity contribution in [2.24, 2.45) is 0 Å². The van der Waals surface area contributed by atoms with E-state index in [0.29, 0.717) is 32.7 Å². The normalized spacial score (nSPS) is 13.6. The molecule has 0 spiro atoms. The van der Waals surface area contributed by atoms with Crippen LogP contribution in [0.15, 0.2) is 12.1 Å². The van der Waals surface area contributed by atoms with Crippen molar-refractivity contribution in [3.05, 3.63) is 46.0 Å². The van der Waals surface area contributed by atoms with E-state index >= 15 is 0 Å². The highest BCUT2D eigenvalue weighted by molar-refractivity contribution is 5.42. The predicted molar refractivity (Wildman–Crippen MR) is 90.9 cm³/mol. The molecule has 0 saturated carbocycles. The molecule has 0 saturated heterocycles. The lowest BCUT2D eigenvalue weighted by molar-refractivity contribution is -0.0172. The van der Waals surface area contributed by atoms with Gasteiger partial charge in [-0.1, -0.05) is 0 Å². The van der Waals surface area contributed by atoms with Gasteiger partial charge in [-0.3, -0.25) is 4.68 Å². The fraction of sp³-hybridized carbons (Fsp3) is 0.500. The third kappa shape index (κ3) is 4.00. The Bertz CT molecular complexity index is 746. The Kier molecular flexibility index (Phi) is 5.67. The summed E-state index contributed by atoms with van der Waals surface area (Å²) in [6, 6.07) is 3.00. The Balaban J connectivity index is 1.60. The topological polar surface area (TPSA) is 68.5 Å². The minimum Gasteiger partial charge on any atom is -0.467 e. The number of fused-ring (bicyclic) bond motifs is 1. The second kappa shape index (κ2) is 7.95. The van der Waals surface area contributed by atoms with Gasteiger partial charge in [0, 0.05) is 23.4 Å². The van der Waals surface area contributed by atoms with Crippen LogP contribution in [-0.4, -0.2) is 34.8 Å². The van der Waals surface area contributed by atoms with Gasteiger partial charge < -0.3 is 19.9 Å². The molecule has 7 heteroatoms. The Labute approximate surface area is 146 Å². The van der Waals surface area contributed by atoms with Crippen LogP contribution in [-0.2, 0) is 30.9 Å². The SMILES string of the molecule is Cc1nn(CCO)c(C)c1CNCCc1cc(F)cc2c1OCOC2. The van der Waals surface area contributed by atoms with Gasteiger partial charge in [0.05, 0.1) is 25.5 Å². The molecule has 0 bridgehead atoms. The van der Waals surface area contributed by atoms with E-state index < -0.39 is 0 Å². The summed E-state index contributed by atoms with van der Waals surface area (Å²) in [6.07, 6.45) is 0.670. The van der Waals surface area contributed by atoms with Crippen molar-refractivity contribution in [1.29, 1.82) is 0 Å². The lowest BCUT2D eigenvalue weighted by Crippen LogP contribution is -2.19. The first-order valence-electron chi connectivity index (χ1n) is 8.46. The first-order valence-corrected chi connectivity index (χ1v) is 8.46. The molecule has 0 aliphatic carbocycles. The van der Waals surface area contributed by atoms with Gasteiger partial charge in [-0.25, -0.2) is 4.39 Å². The Morgan fingerprint density at radius 2 is 2.20 bits per heavy atom. The van der Waals surface area contributed by atoms with Crippen LogP contribution in [0.4, 0.5) is 4.39 Å². The molecule has 1 aliphatic rings. The van der Waals surface area contributed by atoms with Crippen LogP contribution in [0.1, 0.15) is 28.1 Å². The number of benzene rings is 1. The quantitative estimate of drug-likeness (QED) is 0.747. The van der Waals surface area contributed by atoms with Crippen LogP contribution in [0.3, 0.4) is 0 Å². The monoisotopic (exact) mass is 349 g/mol. The average Bonchev–Trinajstić information content (AvgIpc) is 2.86. The van der Waals surface area contributed by atoms with E-state index in [-0.39, 0.29) is 19.2 Å². The van der Waals surface area contributed by atoms with Crippen molar-refractivity contribution in [1.82, 2.24) is 15.1 Å². The number of aryl methyl sites for hydroxylation is 1. The maximum Gasteiger partial charge on any atom is 0.189 e. The van der Waals surface area contributed by atoms with E-state index in [1.165, 1.54) is 12.1 Å². The standard InChI is InChI=1S/C18H24FN3O3/c1-12-17(13(2)22(21-12)5-6-23)9-20-4-3-14-7-16(19)8-15-10-24-11-25-18(14)15/h7-8,20,23H,3-6,9-11H2,1-2H3. The number of aromatic nitrogens is 2. The minimum atomic E-state index is -0.264. The lowest BCUT2D eigenvalue weighted by atomic mass is 10.1. The first kappa shape index (κ1) is 17.8. The molecule has 1 aromatic heterocycles. The second-order valence-corrected chi connectivity index (χ2v) is 6.19. The Morgan fingerprint density at radius 3 is 3.00 bits per heavy atom. The third-order valence-corrected chi connectivity index (χ3v) is 4.47. The fourth-order valence-corrected chi connectivity index (χ4v) is 3.18. The van der Waals surface area contributed by atoms with E-state index in [9.17, 15) is 4.39 Å². The zero-order valence-corrected chi connectivity index (χ0v) is 14.6. The van der Waals surface area contributed by atoms with Crippen LogP contribution >= 0.6 is 0 Å². The van der Waals surface area contributed by atoms with Crippen molar-refractivity contribution in [3.8, 4) is 5.75 Å². The van der Waals surface area contributed by atoms with Crippen molar-refractivity contribution in [3.63, 3.8) is 0 Å². The van der Waals surface area contributed by atoms with E-state index in [1.54, 1.807) is 0 Å². The summed E-state index contributed by atoms with van der Waals surface area (Å²) < 4.78 is 26.3. The molecular weight excluding hydrogens is 325 g/mol. The Morgan fingerprint density at radius 1 is 1.36 bits per heavy atom. The molecule has 0 atom stereocenters. The molecule has 6 nitrogen and oxygen atoms in total. The minimum absolute atomic E-state index is 0.0726. The summed E-state index contributed by atoms with van der Waals surface area (Å²) in [5.41, 5.74) is 4.78. The summed E-state index contributed by atoms with van der Waals surface area (Å²) in [7, 11) is 0. The molecule has 0 unspecified atom stereocenters. The van der Waals surface area contributed by atoms with Crippen molar-refractivity contribution in [2.45, 2.75) is 40.0 Å². The zero-order valence-electron chi connectivity index (χ0n) is 14.6. The number of rotatable bonds is 7. The predicted octanol–water partition coefficient (Wildman–Crippen LogP) is 1.83. The van der Waals surface area contributed by atoms with Gasteiger partial charge in [0.1, 0.15) is 11.6 Å². The Hall–Kier alpha value is -1.96. The largest absolute Gasteiger partial charge is 0.467 e. The molecule has 0 fully saturated rings. The highest BCUT2D eigenvalue weighted by Crippen LogP contribution is 2.29. The van der Waals surface area contributed by atoms with E-state index in [1.807, 2.05) is 18.5 Å². The molecule has 25 heavy (non-hydrogen) atoms. The van der Waals surface area contributed by atoms with Gasteiger partial charge in [0.15, 0.2) is 6.79 Å². The molecule has 0 radical (unpaired) electrons. The molecule has 2 N–H and O–H groups in total. The summed E-state index contributed by atoms with van der Waals surface area (Å²) in [5.74, 6) is 0.484. The summed E-state index contributed by atoms with van der Waals surface area (Å²) in [4.78, 5) is 0. The molecular formula is C18H24FN3O3. The number of nitrogens with zero attached hydrogens (tertiary/aromatic N) is 2. The summed E-state index contributed by atoms with van der Waals surface area (Å²) in [5, 5.41) is 16.9. The van der Waals surface area contributed by atoms with Crippen LogP contribution < -0.4 is 10.1 Å². The number of aliphatic hydroxyl groups excluding tert-OH is 1. The molecule has 2 aromatic rings. The maximum absolute atomic E-state index is 13.7. The average molecular weight is 349 g/mol. The number of ether oxygens (including phenoxy) is 2. The van der Waals surface area contributed by atoms with E-state index in [0.717, 1.165) is 33.8 Å². The van der Waals surface area contributed by atoms with Crippen molar-refractivity contribution < 1.29 is 19.0 Å². The second-order valence-electron chi connectivity index (χ2n) is 6.19. The molecule has 3 rings (SSSR count). The van der Waals surface area contributed by atoms with Gasteiger partial charge in [0.2, 0.25) is 0 Å². The lowest BCUT2D eigenvalue weighted by Gasteiger charge is -2.21. The van der Waals surface area contributed by atoms with Gasteiger partial charge in [0.25, 0.3) is 0 Å². The smallest absolute Gasteiger partial charge is 0.189 e. The number of hydrogen-bond acceptors (Lipinski definition) is 5. The van der Waals surface area contributed by atoms with E-state index in [2.05, 4.69) is 10.4 Å². The third-order valence-electron chi connectivity index (χ3n) is 4.47. The molecule has 136 valence electrons.